The monoisotopic (exact) mass is 306 g/mol. The summed E-state index contributed by atoms with van der Waals surface area (Å²) in [4.78, 5) is 14.0. The minimum absolute atomic E-state index is 0.112. The Balaban J connectivity index is 2.58. The standard InChI is InChI=1S/C13H26N2O4S/c1-14(9-5-3-7-11-16)13(17)12-8-4-6-10-15(12)20(2,18)19/h12,16H,3-11H2,1-2H3. The van der Waals surface area contributed by atoms with Crippen LogP contribution < -0.4 is 0 Å². The SMILES string of the molecule is CN(CCCCCO)C(=O)C1CCCCN1S(C)(=O)=O. The third kappa shape index (κ3) is 5.03. The van der Waals surface area contributed by atoms with Crippen LogP contribution in [-0.4, -0.2) is 67.7 Å². The summed E-state index contributed by atoms with van der Waals surface area (Å²) in [6, 6.07) is -0.540. The first-order valence-electron chi connectivity index (χ1n) is 7.20. The fraction of sp³-hybridized carbons (Fsp3) is 0.923. The highest BCUT2D eigenvalue weighted by atomic mass is 32.2. The molecular formula is C13H26N2O4S. The summed E-state index contributed by atoms with van der Waals surface area (Å²) in [5.41, 5.74) is 0. The van der Waals surface area contributed by atoms with Crippen LogP contribution in [-0.2, 0) is 14.8 Å². The number of sulfonamides is 1. The van der Waals surface area contributed by atoms with Gasteiger partial charge in [-0.15, -0.1) is 0 Å². The Hall–Kier alpha value is -0.660. The molecule has 1 rings (SSSR count). The molecule has 0 aliphatic carbocycles. The molecule has 0 spiro atoms. The van der Waals surface area contributed by atoms with Gasteiger partial charge in [-0.1, -0.05) is 6.42 Å². The third-order valence-electron chi connectivity index (χ3n) is 3.69. The van der Waals surface area contributed by atoms with E-state index in [1.807, 2.05) is 0 Å². The van der Waals surface area contributed by atoms with Crippen molar-refractivity contribution in [3.05, 3.63) is 0 Å². The number of carbonyl (C=O) groups excluding carboxylic acids is 1. The number of piperidine rings is 1. The van der Waals surface area contributed by atoms with Gasteiger partial charge in [-0.05, 0) is 32.1 Å². The Morgan fingerprint density at radius 1 is 1.30 bits per heavy atom. The zero-order valence-electron chi connectivity index (χ0n) is 12.4. The van der Waals surface area contributed by atoms with Crippen molar-refractivity contribution in [1.82, 2.24) is 9.21 Å². The molecule has 0 aromatic rings. The van der Waals surface area contributed by atoms with Crippen molar-refractivity contribution in [2.24, 2.45) is 0 Å². The van der Waals surface area contributed by atoms with E-state index in [1.54, 1.807) is 11.9 Å². The molecule has 0 bridgehead atoms. The lowest BCUT2D eigenvalue weighted by Gasteiger charge is -2.35. The molecule has 1 fully saturated rings. The van der Waals surface area contributed by atoms with E-state index in [2.05, 4.69) is 0 Å². The predicted molar refractivity (Wildman–Crippen MR) is 77.8 cm³/mol. The van der Waals surface area contributed by atoms with Gasteiger partial charge in [0.05, 0.1) is 6.26 Å². The van der Waals surface area contributed by atoms with E-state index in [9.17, 15) is 13.2 Å². The number of amides is 1. The molecule has 1 N–H and O–H groups in total. The third-order valence-corrected chi connectivity index (χ3v) is 4.98. The summed E-state index contributed by atoms with van der Waals surface area (Å²) in [5, 5.41) is 8.71. The normalized spacial score (nSPS) is 20.9. The minimum Gasteiger partial charge on any atom is -0.396 e. The average Bonchev–Trinajstić information content (AvgIpc) is 2.41. The molecule has 118 valence electrons. The number of likely N-dealkylation sites (N-methyl/N-ethyl adjacent to an activating group) is 1. The first kappa shape index (κ1) is 17.4. The predicted octanol–water partition coefficient (Wildman–Crippen LogP) is 0.421. The van der Waals surface area contributed by atoms with Gasteiger partial charge in [0.1, 0.15) is 6.04 Å². The van der Waals surface area contributed by atoms with Gasteiger partial charge < -0.3 is 10.0 Å². The maximum absolute atomic E-state index is 12.4. The molecule has 6 nitrogen and oxygen atoms in total. The van der Waals surface area contributed by atoms with Crippen LogP contribution >= 0.6 is 0 Å². The van der Waals surface area contributed by atoms with E-state index in [4.69, 9.17) is 5.11 Å². The fourth-order valence-electron chi connectivity index (χ4n) is 2.55. The molecule has 1 aliphatic rings. The second-order valence-corrected chi connectivity index (χ2v) is 7.36. The van der Waals surface area contributed by atoms with Crippen LogP contribution in [0.4, 0.5) is 0 Å². The number of unbranched alkanes of at least 4 members (excludes halogenated alkanes) is 2. The molecule has 0 aromatic heterocycles. The molecule has 1 amide bonds. The number of aliphatic hydroxyl groups excluding tert-OH is 1. The van der Waals surface area contributed by atoms with Gasteiger partial charge in [0.2, 0.25) is 15.9 Å². The first-order chi connectivity index (χ1) is 9.38. The van der Waals surface area contributed by atoms with Gasteiger partial charge in [-0.25, -0.2) is 8.42 Å². The summed E-state index contributed by atoms with van der Waals surface area (Å²) in [5.74, 6) is -0.112. The van der Waals surface area contributed by atoms with E-state index in [0.29, 0.717) is 19.5 Å². The Morgan fingerprint density at radius 3 is 2.60 bits per heavy atom. The largest absolute Gasteiger partial charge is 0.396 e. The Morgan fingerprint density at radius 2 is 2.00 bits per heavy atom. The van der Waals surface area contributed by atoms with Crippen molar-refractivity contribution >= 4 is 15.9 Å². The molecule has 1 atom stereocenters. The summed E-state index contributed by atoms with van der Waals surface area (Å²) in [6.07, 6.45) is 5.91. The Bertz CT molecular complexity index is 411. The average molecular weight is 306 g/mol. The molecule has 1 aliphatic heterocycles. The van der Waals surface area contributed by atoms with Crippen LogP contribution in [0.2, 0.25) is 0 Å². The van der Waals surface area contributed by atoms with E-state index in [0.717, 1.165) is 32.1 Å². The molecule has 1 saturated heterocycles. The lowest BCUT2D eigenvalue weighted by Crippen LogP contribution is -2.52. The quantitative estimate of drug-likeness (QED) is 0.692. The van der Waals surface area contributed by atoms with Crippen LogP contribution in [0.25, 0.3) is 0 Å². The smallest absolute Gasteiger partial charge is 0.240 e. The van der Waals surface area contributed by atoms with Crippen molar-refractivity contribution in [3.63, 3.8) is 0 Å². The number of hydrogen-bond donors (Lipinski definition) is 1. The first-order valence-corrected chi connectivity index (χ1v) is 9.05. The van der Waals surface area contributed by atoms with Gasteiger partial charge in [0.15, 0.2) is 0 Å². The van der Waals surface area contributed by atoms with Crippen LogP contribution in [0.15, 0.2) is 0 Å². The lowest BCUT2D eigenvalue weighted by molar-refractivity contribution is -0.134. The number of rotatable bonds is 7. The van der Waals surface area contributed by atoms with Crippen LogP contribution in [0, 0.1) is 0 Å². The lowest BCUT2D eigenvalue weighted by atomic mass is 10.0. The van der Waals surface area contributed by atoms with Gasteiger partial charge in [0.25, 0.3) is 0 Å². The topological polar surface area (TPSA) is 77.9 Å². The van der Waals surface area contributed by atoms with Gasteiger partial charge in [-0.2, -0.15) is 4.31 Å². The molecule has 1 heterocycles. The van der Waals surface area contributed by atoms with Gasteiger partial charge >= 0.3 is 0 Å². The van der Waals surface area contributed by atoms with E-state index >= 15 is 0 Å². The highest BCUT2D eigenvalue weighted by Gasteiger charge is 2.35. The Kier molecular flexibility index (Phi) is 6.91. The van der Waals surface area contributed by atoms with E-state index < -0.39 is 16.1 Å². The molecule has 1 unspecified atom stereocenters. The molecular weight excluding hydrogens is 280 g/mol. The van der Waals surface area contributed by atoms with Gasteiger partial charge in [0, 0.05) is 26.7 Å². The Labute approximate surface area is 121 Å². The van der Waals surface area contributed by atoms with Crippen molar-refractivity contribution < 1.29 is 18.3 Å². The highest BCUT2D eigenvalue weighted by molar-refractivity contribution is 7.88. The van der Waals surface area contributed by atoms with Crippen molar-refractivity contribution in [3.8, 4) is 0 Å². The number of aliphatic hydroxyl groups is 1. The molecule has 0 saturated carbocycles. The summed E-state index contributed by atoms with van der Waals surface area (Å²) in [7, 11) is -1.61. The van der Waals surface area contributed by atoms with Crippen molar-refractivity contribution in [2.45, 2.75) is 44.6 Å². The van der Waals surface area contributed by atoms with Gasteiger partial charge in [-0.3, -0.25) is 4.79 Å². The number of hydrogen-bond acceptors (Lipinski definition) is 4. The summed E-state index contributed by atoms with van der Waals surface area (Å²) < 4.78 is 24.8. The van der Waals surface area contributed by atoms with E-state index in [1.165, 1.54) is 10.6 Å². The summed E-state index contributed by atoms with van der Waals surface area (Å²) in [6.45, 7) is 1.21. The zero-order valence-corrected chi connectivity index (χ0v) is 13.2. The number of nitrogens with zero attached hydrogens (tertiary/aromatic N) is 2. The maximum atomic E-state index is 12.4. The molecule has 0 aromatic carbocycles. The molecule has 0 radical (unpaired) electrons. The van der Waals surface area contributed by atoms with Crippen molar-refractivity contribution in [2.75, 3.05) is 33.0 Å². The second-order valence-electron chi connectivity index (χ2n) is 5.43. The maximum Gasteiger partial charge on any atom is 0.240 e. The van der Waals surface area contributed by atoms with Crippen LogP contribution in [0.3, 0.4) is 0 Å². The minimum atomic E-state index is -3.33. The van der Waals surface area contributed by atoms with Crippen molar-refractivity contribution in [1.29, 1.82) is 0 Å². The van der Waals surface area contributed by atoms with Crippen LogP contribution in [0.5, 0.6) is 0 Å². The zero-order chi connectivity index (χ0) is 15.2. The fourth-order valence-corrected chi connectivity index (χ4v) is 3.67. The van der Waals surface area contributed by atoms with E-state index in [-0.39, 0.29) is 12.5 Å². The highest BCUT2D eigenvalue weighted by Crippen LogP contribution is 2.21. The number of carbonyl (C=O) groups is 1. The second kappa shape index (κ2) is 7.95. The van der Waals surface area contributed by atoms with Crippen LogP contribution in [0.1, 0.15) is 38.5 Å². The molecule has 7 heteroatoms. The molecule has 20 heavy (non-hydrogen) atoms. The summed E-state index contributed by atoms with van der Waals surface area (Å²) >= 11 is 0.